The van der Waals surface area contributed by atoms with E-state index in [1.807, 2.05) is 0 Å². The van der Waals surface area contributed by atoms with Crippen LogP contribution in [0.25, 0.3) is 0 Å². The Balaban J connectivity index is -0.00000000214. The zero-order valence-corrected chi connectivity index (χ0v) is 6.64. The molecule has 0 aliphatic heterocycles. The SMILES string of the molecule is O.O.O.O.O.O.[Cu].[O-][Cl+2]([O-])O. The Morgan fingerprint density at radius 3 is 0.727 bits per heavy atom. The zero-order valence-electron chi connectivity index (χ0n) is 4.94. The first-order chi connectivity index (χ1) is 1.73. The van der Waals surface area contributed by atoms with Crippen molar-refractivity contribution in [3.63, 3.8) is 0 Å². The Hall–Kier alpha value is 0.449. The van der Waals surface area contributed by atoms with Crippen molar-refractivity contribution in [3.05, 3.63) is 0 Å². The Morgan fingerprint density at radius 2 is 0.727 bits per heavy atom. The molecule has 0 saturated carbocycles. The summed E-state index contributed by atoms with van der Waals surface area (Å²) in [5.41, 5.74) is 0. The zero-order chi connectivity index (χ0) is 3.58. The molecule has 0 heterocycles. The van der Waals surface area contributed by atoms with E-state index in [0.717, 1.165) is 0 Å². The molecule has 0 unspecified atom stereocenters. The molecule has 85 valence electrons. The van der Waals surface area contributed by atoms with Crippen molar-refractivity contribution in [1.82, 2.24) is 0 Å². The van der Waals surface area contributed by atoms with Crippen LogP contribution in [0.4, 0.5) is 0 Å². The Kier molecular flexibility index (Phi) is 749. The predicted octanol–water partition coefficient (Wildman–Crippen LogP) is -7.89. The number of hydrogen-bond acceptors (Lipinski definition) is 3. The Morgan fingerprint density at radius 1 is 0.727 bits per heavy atom. The van der Waals surface area contributed by atoms with Crippen molar-refractivity contribution in [2.45, 2.75) is 0 Å². The van der Waals surface area contributed by atoms with Crippen LogP contribution in [0.15, 0.2) is 0 Å². The van der Waals surface area contributed by atoms with Crippen molar-refractivity contribution in [2.24, 2.45) is 0 Å². The second-order valence-corrected chi connectivity index (χ2v) is 0.603. The van der Waals surface area contributed by atoms with E-state index in [1.165, 1.54) is 0 Å². The number of halogens is 1. The first-order valence-electron chi connectivity index (χ1n) is 0.478. The van der Waals surface area contributed by atoms with Gasteiger partial charge in [0, 0.05) is 21.7 Å². The van der Waals surface area contributed by atoms with Crippen LogP contribution in [0.5, 0.6) is 0 Å². The summed E-state index contributed by atoms with van der Waals surface area (Å²) in [6, 6.07) is 0. The molecule has 0 rings (SSSR count). The molecule has 11 heavy (non-hydrogen) atoms. The molecule has 0 amide bonds. The summed E-state index contributed by atoms with van der Waals surface area (Å²) >= 11 is 0. The van der Waals surface area contributed by atoms with Crippen LogP contribution in [-0.2, 0) is 17.1 Å². The van der Waals surface area contributed by atoms with Gasteiger partial charge in [-0.05, 0) is 0 Å². The van der Waals surface area contributed by atoms with Crippen LogP contribution in [0, 0.1) is 10.8 Å². The van der Waals surface area contributed by atoms with Gasteiger partial charge in [-0.3, -0.25) is 0 Å². The minimum Gasteiger partial charge on any atom is -0.412 e. The van der Waals surface area contributed by atoms with Crippen molar-refractivity contribution in [2.75, 3.05) is 0 Å². The van der Waals surface area contributed by atoms with Crippen LogP contribution < -0.4 is 9.32 Å². The second-order valence-electron chi connectivity index (χ2n) is 0.201. The maximum absolute atomic E-state index is 8.52. The van der Waals surface area contributed by atoms with Gasteiger partial charge in [0.05, 0.1) is 0 Å². The van der Waals surface area contributed by atoms with Gasteiger partial charge in [-0.25, -0.2) is 0 Å². The van der Waals surface area contributed by atoms with Crippen molar-refractivity contribution in [1.29, 1.82) is 0 Å². The van der Waals surface area contributed by atoms with Crippen molar-refractivity contribution >= 4 is 0 Å². The maximum Gasteiger partial charge on any atom is 0.282 e. The second kappa shape index (κ2) is 78.4. The summed E-state index contributed by atoms with van der Waals surface area (Å²) in [4.78, 5) is 0. The quantitative estimate of drug-likeness (QED) is 0.414. The number of rotatable bonds is 0. The molecule has 0 spiro atoms. The molecule has 0 atom stereocenters. The molecule has 0 aromatic carbocycles. The molecule has 9 nitrogen and oxygen atoms in total. The average Bonchev–Trinajstić information content (AvgIpc) is 0.811. The van der Waals surface area contributed by atoms with Gasteiger partial charge in [-0.15, -0.1) is 0 Å². The van der Waals surface area contributed by atoms with Crippen LogP contribution in [-0.4, -0.2) is 37.5 Å². The molecule has 0 saturated heterocycles. The van der Waals surface area contributed by atoms with Crippen molar-refractivity contribution in [3.8, 4) is 0 Å². The van der Waals surface area contributed by atoms with Gasteiger partial charge >= 0.3 is 0 Å². The monoisotopic (exact) mass is 255 g/mol. The van der Waals surface area contributed by atoms with Gasteiger partial charge in [0.1, 0.15) is 0 Å². The van der Waals surface area contributed by atoms with Gasteiger partial charge < -0.3 is 42.2 Å². The minimum atomic E-state index is -2.60. The summed E-state index contributed by atoms with van der Waals surface area (Å²) in [7, 11) is -2.60. The maximum atomic E-state index is 8.52. The molecule has 0 aliphatic carbocycles. The number of hydrogen-bond donors (Lipinski definition) is 1. The van der Waals surface area contributed by atoms with Gasteiger partial charge in [-0.2, -0.15) is 0 Å². The summed E-state index contributed by atoms with van der Waals surface area (Å²) in [5.74, 6) is 0. The predicted molar refractivity (Wildman–Crippen MR) is 23.9 cm³/mol. The first kappa shape index (κ1) is 105. The molecule has 11 heteroatoms. The molecule has 0 aliphatic rings. The van der Waals surface area contributed by atoms with Gasteiger partial charge in [0.25, 0.3) is 10.8 Å². The van der Waals surface area contributed by atoms with Crippen LogP contribution >= 0.6 is 0 Å². The summed E-state index contributed by atoms with van der Waals surface area (Å²) in [6.07, 6.45) is 0. The van der Waals surface area contributed by atoms with E-state index in [0.29, 0.717) is 0 Å². The fraction of sp³-hybridized carbons (Fsp3) is 0. The largest absolute Gasteiger partial charge is 0.412 e. The molecule has 0 fully saturated rings. The van der Waals surface area contributed by atoms with Gasteiger partial charge in [0.2, 0.25) is 0 Å². The van der Waals surface area contributed by atoms with Crippen molar-refractivity contribution < 1.29 is 74.7 Å². The van der Waals surface area contributed by atoms with E-state index in [1.54, 1.807) is 0 Å². The average molecular weight is 256 g/mol. The molecule has 0 aromatic rings. The van der Waals surface area contributed by atoms with Crippen LogP contribution in [0.1, 0.15) is 0 Å². The van der Waals surface area contributed by atoms with Gasteiger partial charge in [-0.1, -0.05) is 0 Å². The fourth-order valence-electron chi connectivity index (χ4n) is 0. The van der Waals surface area contributed by atoms with E-state index in [9.17, 15) is 0 Å². The Bertz CT molecular complexity index is 14.3. The topological polar surface area (TPSA) is 255 Å². The third kappa shape index (κ3) is 3690. The third-order valence-electron chi connectivity index (χ3n) is 0. The first-order valence-corrected chi connectivity index (χ1v) is 1.43. The normalized spacial score (nSPS) is 3.27. The van der Waals surface area contributed by atoms with Crippen LogP contribution in [0.2, 0.25) is 0 Å². The molecule has 13 N–H and O–H groups in total. The Labute approximate surface area is 75.4 Å². The molecule has 0 aromatic heterocycles. The van der Waals surface area contributed by atoms with E-state index in [-0.39, 0.29) is 49.9 Å². The molecule has 1 radical (unpaired) electrons. The third-order valence-corrected chi connectivity index (χ3v) is 0. The smallest absolute Gasteiger partial charge is 0.282 e. The van der Waals surface area contributed by atoms with E-state index < -0.39 is 10.8 Å². The van der Waals surface area contributed by atoms with E-state index >= 15 is 0 Å². The van der Waals surface area contributed by atoms with E-state index in [2.05, 4.69) is 0 Å². The molecular formula is H13ClCuO9. The summed E-state index contributed by atoms with van der Waals surface area (Å²) in [6.45, 7) is 0. The van der Waals surface area contributed by atoms with Crippen LogP contribution in [0.3, 0.4) is 0 Å². The fourth-order valence-corrected chi connectivity index (χ4v) is 0. The van der Waals surface area contributed by atoms with E-state index in [4.69, 9.17) is 14.0 Å². The minimum absolute atomic E-state index is 0. The molecule has 0 bridgehead atoms. The van der Waals surface area contributed by atoms with Gasteiger partial charge in [0.15, 0.2) is 0 Å². The summed E-state index contributed by atoms with van der Waals surface area (Å²) < 4.78 is 24.0. The summed E-state index contributed by atoms with van der Waals surface area (Å²) in [5, 5.41) is 0. The standard InChI is InChI=1S/ClHO3.Cu.6H2O/c2-1(3)4;;;;;;;/h2H;;6*1H2. The molecular weight excluding hydrogens is 243 g/mol.